The van der Waals surface area contributed by atoms with Crippen molar-refractivity contribution in [3.63, 3.8) is 0 Å². The SMILES string of the molecule is CN(c1ncnc2[nH]ccc12)C1CC(CS(=O)(=O)C2CN(C3CCC3)C2)C1. The molecule has 1 N–H and O–H groups in total. The molecular formula is C19H27N5O2S. The molecule has 7 nitrogen and oxygen atoms in total. The van der Waals surface area contributed by atoms with E-state index in [9.17, 15) is 8.42 Å². The summed E-state index contributed by atoms with van der Waals surface area (Å²) in [6, 6.07) is 3.01. The fraction of sp³-hybridized carbons (Fsp3) is 0.684. The average molecular weight is 390 g/mol. The second-order valence-electron chi connectivity index (χ2n) is 8.53. The quantitative estimate of drug-likeness (QED) is 0.812. The van der Waals surface area contributed by atoms with Crippen molar-refractivity contribution in [1.29, 1.82) is 0 Å². The highest BCUT2D eigenvalue weighted by Gasteiger charge is 2.44. The molecule has 146 valence electrons. The standard InChI is InChI=1S/C19H27N5O2S/c1-23(19-17-5-6-20-18(17)21-12-22-19)15-7-13(8-15)11-27(25,26)16-9-24(10-16)14-3-2-4-14/h5-6,12-16H,2-4,7-11H2,1H3,(H,20,21,22). The molecule has 0 aromatic carbocycles. The fourth-order valence-electron chi connectivity index (χ4n) is 4.68. The van der Waals surface area contributed by atoms with E-state index >= 15 is 0 Å². The molecule has 1 saturated heterocycles. The number of aromatic nitrogens is 3. The molecule has 2 aromatic heterocycles. The van der Waals surface area contributed by atoms with Crippen molar-refractivity contribution in [2.75, 3.05) is 30.8 Å². The molecule has 0 spiro atoms. The maximum absolute atomic E-state index is 12.7. The van der Waals surface area contributed by atoms with E-state index in [1.54, 1.807) is 6.33 Å². The number of anilines is 1. The summed E-state index contributed by atoms with van der Waals surface area (Å²) in [6.45, 7) is 1.52. The van der Waals surface area contributed by atoms with Crippen LogP contribution >= 0.6 is 0 Å². The highest BCUT2D eigenvalue weighted by Crippen LogP contribution is 2.37. The van der Waals surface area contributed by atoms with Crippen molar-refractivity contribution in [2.24, 2.45) is 5.92 Å². The van der Waals surface area contributed by atoms with Gasteiger partial charge < -0.3 is 9.88 Å². The largest absolute Gasteiger partial charge is 0.356 e. The van der Waals surface area contributed by atoms with Crippen LogP contribution in [0.25, 0.3) is 11.0 Å². The molecule has 1 aliphatic heterocycles. The summed E-state index contributed by atoms with van der Waals surface area (Å²) in [5.74, 6) is 1.55. The van der Waals surface area contributed by atoms with E-state index in [-0.39, 0.29) is 11.2 Å². The van der Waals surface area contributed by atoms with Crippen LogP contribution in [0, 0.1) is 5.92 Å². The van der Waals surface area contributed by atoms with Gasteiger partial charge in [0.15, 0.2) is 9.84 Å². The van der Waals surface area contributed by atoms with Crippen LogP contribution in [0.2, 0.25) is 0 Å². The highest BCUT2D eigenvalue weighted by molar-refractivity contribution is 7.92. The Morgan fingerprint density at radius 2 is 2.04 bits per heavy atom. The number of hydrogen-bond donors (Lipinski definition) is 1. The lowest BCUT2D eigenvalue weighted by atomic mass is 9.81. The number of H-pyrrole nitrogens is 1. The average Bonchev–Trinajstić information content (AvgIpc) is 2.99. The molecule has 0 atom stereocenters. The first-order chi connectivity index (χ1) is 13.0. The fourth-order valence-corrected chi connectivity index (χ4v) is 6.72. The number of rotatable bonds is 6. The van der Waals surface area contributed by atoms with Crippen molar-refractivity contribution < 1.29 is 8.42 Å². The summed E-state index contributed by atoms with van der Waals surface area (Å²) in [4.78, 5) is 16.3. The van der Waals surface area contributed by atoms with Crippen LogP contribution in [0.15, 0.2) is 18.6 Å². The Kier molecular flexibility index (Phi) is 4.16. The van der Waals surface area contributed by atoms with Gasteiger partial charge in [-0.3, -0.25) is 4.90 Å². The normalized spacial score (nSPS) is 27.1. The predicted molar refractivity (Wildman–Crippen MR) is 106 cm³/mol. The molecule has 2 aliphatic carbocycles. The van der Waals surface area contributed by atoms with Gasteiger partial charge in [0.2, 0.25) is 0 Å². The highest BCUT2D eigenvalue weighted by atomic mass is 32.2. The van der Waals surface area contributed by atoms with Crippen LogP contribution in [0.3, 0.4) is 0 Å². The van der Waals surface area contributed by atoms with Crippen LogP contribution in [0.1, 0.15) is 32.1 Å². The van der Waals surface area contributed by atoms with E-state index < -0.39 is 9.84 Å². The minimum atomic E-state index is -2.96. The summed E-state index contributed by atoms with van der Waals surface area (Å²) in [7, 11) is -0.916. The lowest BCUT2D eigenvalue weighted by Gasteiger charge is -2.48. The van der Waals surface area contributed by atoms with Crippen molar-refractivity contribution >= 4 is 26.7 Å². The van der Waals surface area contributed by atoms with Crippen LogP contribution in [-0.2, 0) is 9.84 Å². The summed E-state index contributed by atoms with van der Waals surface area (Å²) in [5.41, 5.74) is 0.839. The number of aromatic amines is 1. The van der Waals surface area contributed by atoms with Crippen molar-refractivity contribution in [3.05, 3.63) is 18.6 Å². The van der Waals surface area contributed by atoms with Crippen molar-refractivity contribution in [3.8, 4) is 0 Å². The van der Waals surface area contributed by atoms with Crippen LogP contribution in [0.5, 0.6) is 0 Å². The molecule has 0 unspecified atom stereocenters. The van der Waals surface area contributed by atoms with Gasteiger partial charge in [0.1, 0.15) is 17.8 Å². The van der Waals surface area contributed by atoms with E-state index in [1.807, 2.05) is 19.3 Å². The number of nitrogens with one attached hydrogen (secondary N) is 1. The van der Waals surface area contributed by atoms with Crippen LogP contribution in [-0.4, -0.2) is 71.5 Å². The number of fused-ring (bicyclic) bond motifs is 1. The molecular weight excluding hydrogens is 362 g/mol. The first-order valence-corrected chi connectivity index (χ1v) is 11.7. The zero-order chi connectivity index (χ0) is 18.6. The molecule has 3 fully saturated rings. The molecule has 27 heavy (non-hydrogen) atoms. The summed E-state index contributed by atoms with van der Waals surface area (Å²) < 4.78 is 25.4. The van der Waals surface area contributed by atoms with Gasteiger partial charge in [-0.15, -0.1) is 0 Å². The number of likely N-dealkylation sites (tertiary alicyclic amines) is 1. The molecule has 2 saturated carbocycles. The Morgan fingerprint density at radius 1 is 1.26 bits per heavy atom. The predicted octanol–water partition coefficient (Wildman–Crippen LogP) is 1.82. The van der Waals surface area contributed by atoms with Gasteiger partial charge in [0.05, 0.1) is 16.4 Å². The van der Waals surface area contributed by atoms with Gasteiger partial charge in [0.25, 0.3) is 0 Å². The molecule has 2 aromatic rings. The topological polar surface area (TPSA) is 82.2 Å². The van der Waals surface area contributed by atoms with Gasteiger partial charge >= 0.3 is 0 Å². The van der Waals surface area contributed by atoms with Gasteiger partial charge in [-0.25, -0.2) is 18.4 Å². The van der Waals surface area contributed by atoms with Crippen molar-refractivity contribution in [1.82, 2.24) is 19.9 Å². The minimum absolute atomic E-state index is 0.128. The third-order valence-electron chi connectivity index (χ3n) is 6.87. The maximum Gasteiger partial charge on any atom is 0.155 e. The lowest BCUT2D eigenvalue weighted by Crippen LogP contribution is -2.61. The number of nitrogens with zero attached hydrogens (tertiary/aromatic N) is 4. The third kappa shape index (κ3) is 3.02. The summed E-state index contributed by atoms with van der Waals surface area (Å²) >= 11 is 0. The Hall–Kier alpha value is -1.67. The van der Waals surface area contributed by atoms with E-state index in [0.717, 1.165) is 42.8 Å². The second-order valence-corrected chi connectivity index (χ2v) is 10.9. The lowest BCUT2D eigenvalue weighted by molar-refractivity contribution is 0.0704. The number of sulfone groups is 1. The molecule has 3 aliphatic rings. The Balaban J connectivity index is 1.16. The van der Waals surface area contributed by atoms with Gasteiger partial charge in [-0.1, -0.05) is 6.42 Å². The maximum atomic E-state index is 12.7. The van der Waals surface area contributed by atoms with Crippen LogP contribution in [0.4, 0.5) is 5.82 Å². The molecule has 5 rings (SSSR count). The minimum Gasteiger partial charge on any atom is -0.356 e. The van der Waals surface area contributed by atoms with Gasteiger partial charge in [0, 0.05) is 38.4 Å². The van der Waals surface area contributed by atoms with E-state index in [2.05, 4.69) is 24.8 Å². The van der Waals surface area contributed by atoms with Crippen LogP contribution < -0.4 is 4.90 Å². The van der Waals surface area contributed by atoms with Crippen molar-refractivity contribution in [2.45, 2.75) is 49.4 Å². The smallest absolute Gasteiger partial charge is 0.155 e. The monoisotopic (exact) mass is 389 g/mol. The second kappa shape index (κ2) is 6.44. The molecule has 8 heteroatoms. The number of hydrogen-bond acceptors (Lipinski definition) is 6. The first kappa shape index (κ1) is 17.4. The Labute approximate surface area is 160 Å². The van der Waals surface area contributed by atoms with Gasteiger partial charge in [-0.2, -0.15) is 0 Å². The van der Waals surface area contributed by atoms with E-state index in [0.29, 0.717) is 17.8 Å². The zero-order valence-corrected chi connectivity index (χ0v) is 16.5. The Bertz CT molecular complexity index is 926. The first-order valence-electron chi connectivity index (χ1n) is 9.98. The summed E-state index contributed by atoms with van der Waals surface area (Å²) in [6.07, 6.45) is 9.10. The molecule has 0 bridgehead atoms. The summed E-state index contributed by atoms with van der Waals surface area (Å²) in [5, 5.41) is 0.887. The molecule has 3 heterocycles. The molecule has 0 amide bonds. The molecule has 0 radical (unpaired) electrons. The zero-order valence-electron chi connectivity index (χ0n) is 15.7. The Morgan fingerprint density at radius 3 is 2.74 bits per heavy atom. The van der Waals surface area contributed by atoms with E-state index in [4.69, 9.17) is 0 Å². The van der Waals surface area contributed by atoms with Gasteiger partial charge in [-0.05, 0) is 37.7 Å². The third-order valence-corrected chi connectivity index (χ3v) is 9.12. The van der Waals surface area contributed by atoms with E-state index in [1.165, 1.54) is 19.3 Å².